The summed E-state index contributed by atoms with van der Waals surface area (Å²) >= 11 is 3.50. The fraction of sp³-hybridized carbons (Fsp3) is 0.611. The number of halogens is 2. The van der Waals surface area contributed by atoms with E-state index in [0.29, 0.717) is 5.92 Å². The van der Waals surface area contributed by atoms with Gasteiger partial charge in [0, 0.05) is 42.9 Å². The number of nitrogens with two attached hydrogens (primary N) is 1. The molecule has 0 spiro atoms. The van der Waals surface area contributed by atoms with E-state index in [-0.39, 0.29) is 24.0 Å². The van der Waals surface area contributed by atoms with E-state index in [1.807, 2.05) is 0 Å². The number of likely N-dealkylation sites (tertiary alicyclic amines) is 1. The minimum Gasteiger partial charge on any atom is -0.371 e. The summed E-state index contributed by atoms with van der Waals surface area (Å²) in [5.41, 5.74) is 7.52. The summed E-state index contributed by atoms with van der Waals surface area (Å²) in [6.07, 6.45) is 6.35. The molecule has 6 heteroatoms. The van der Waals surface area contributed by atoms with Gasteiger partial charge in [0.05, 0.1) is 0 Å². The second-order valence-corrected chi connectivity index (χ2v) is 7.59. The Morgan fingerprint density at radius 3 is 2.42 bits per heavy atom. The van der Waals surface area contributed by atoms with Gasteiger partial charge >= 0.3 is 0 Å². The highest BCUT2D eigenvalue weighted by molar-refractivity contribution is 14.0. The fourth-order valence-corrected chi connectivity index (χ4v) is 3.75. The summed E-state index contributed by atoms with van der Waals surface area (Å²) in [4.78, 5) is 9.43. The summed E-state index contributed by atoms with van der Waals surface area (Å²) in [5, 5.41) is 0. The maximum absolute atomic E-state index is 6.22. The van der Waals surface area contributed by atoms with Crippen LogP contribution in [0.3, 0.4) is 0 Å². The van der Waals surface area contributed by atoms with Gasteiger partial charge in [-0.25, -0.2) is 0 Å². The van der Waals surface area contributed by atoms with E-state index in [0.717, 1.165) is 43.2 Å². The van der Waals surface area contributed by atoms with E-state index in [1.54, 1.807) is 0 Å². The van der Waals surface area contributed by atoms with Crippen molar-refractivity contribution in [3.63, 3.8) is 0 Å². The highest BCUT2D eigenvalue weighted by atomic mass is 127. The van der Waals surface area contributed by atoms with Gasteiger partial charge in [-0.3, -0.25) is 4.99 Å². The number of aliphatic imine (C=N–C) groups is 1. The molecule has 1 unspecified atom stereocenters. The number of rotatable bonds is 3. The summed E-state index contributed by atoms with van der Waals surface area (Å²) in [6, 6.07) is 8.58. The number of anilines is 1. The molecule has 2 aliphatic rings. The molecule has 4 nitrogen and oxygen atoms in total. The lowest BCUT2D eigenvalue weighted by Gasteiger charge is -2.22. The van der Waals surface area contributed by atoms with Crippen LogP contribution in [0.1, 0.15) is 32.1 Å². The van der Waals surface area contributed by atoms with Crippen LogP contribution in [-0.2, 0) is 0 Å². The lowest BCUT2D eigenvalue weighted by atomic mass is 10.1. The largest absolute Gasteiger partial charge is 0.371 e. The minimum absolute atomic E-state index is 0. The Labute approximate surface area is 171 Å². The smallest absolute Gasteiger partial charge is 0.191 e. The van der Waals surface area contributed by atoms with Crippen LogP contribution in [0.15, 0.2) is 33.7 Å². The third-order valence-corrected chi connectivity index (χ3v) is 5.45. The predicted octanol–water partition coefficient (Wildman–Crippen LogP) is 4.08. The van der Waals surface area contributed by atoms with Gasteiger partial charge in [0.1, 0.15) is 0 Å². The lowest BCUT2D eigenvalue weighted by Crippen LogP contribution is -2.38. The Kier molecular flexibility index (Phi) is 8.13. The molecular formula is C18H28BrIN4. The molecule has 2 heterocycles. The van der Waals surface area contributed by atoms with Crippen LogP contribution in [0.2, 0.25) is 0 Å². The molecule has 1 aromatic rings. The minimum atomic E-state index is 0. The highest BCUT2D eigenvalue weighted by Crippen LogP contribution is 2.25. The number of benzene rings is 1. The first-order chi connectivity index (χ1) is 11.2. The maximum atomic E-state index is 6.22. The second-order valence-electron chi connectivity index (χ2n) is 6.68. The first kappa shape index (κ1) is 19.8. The Morgan fingerprint density at radius 1 is 1.08 bits per heavy atom. The van der Waals surface area contributed by atoms with E-state index in [4.69, 9.17) is 10.7 Å². The molecule has 24 heavy (non-hydrogen) atoms. The van der Waals surface area contributed by atoms with Gasteiger partial charge in [0.2, 0.25) is 0 Å². The molecule has 0 bridgehead atoms. The maximum Gasteiger partial charge on any atom is 0.191 e. The van der Waals surface area contributed by atoms with Gasteiger partial charge in [0.15, 0.2) is 5.96 Å². The summed E-state index contributed by atoms with van der Waals surface area (Å²) in [6.45, 7) is 5.20. The molecule has 3 rings (SSSR count). The van der Waals surface area contributed by atoms with Crippen LogP contribution in [0.4, 0.5) is 5.69 Å². The SMILES string of the molecule is I.NC(=NCC1CCN(c2ccc(Br)cc2)C1)N1CCCCCC1. The average molecular weight is 507 g/mol. The van der Waals surface area contributed by atoms with Crippen molar-refractivity contribution < 1.29 is 0 Å². The Hall–Kier alpha value is -0.500. The predicted molar refractivity (Wildman–Crippen MR) is 116 cm³/mol. The van der Waals surface area contributed by atoms with E-state index in [1.165, 1.54) is 37.8 Å². The normalized spacial score (nSPS) is 22.2. The molecule has 0 amide bonds. The van der Waals surface area contributed by atoms with Gasteiger partial charge < -0.3 is 15.5 Å². The monoisotopic (exact) mass is 506 g/mol. The molecule has 0 aliphatic carbocycles. The topological polar surface area (TPSA) is 44.9 Å². The van der Waals surface area contributed by atoms with Crippen molar-refractivity contribution in [2.45, 2.75) is 32.1 Å². The fourth-order valence-electron chi connectivity index (χ4n) is 3.49. The third kappa shape index (κ3) is 5.51. The van der Waals surface area contributed by atoms with E-state index < -0.39 is 0 Å². The van der Waals surface area contributed by atoms with E-state index in [2.05, 4.69) is 50.0 Å². The van der Waals surface area contributed by atoms with Crippen molar-refractivity contribution in [2.24, 2.45) is 16.6 Å². The molecular weight excluding hydrogens is 479 g/mol. The molecule has 2 saturated heterocycles. The zero-order chi connectivity index (χ0) is 16.1. The van der Waals surface area contributed by atoms with E-state index >= 15 is 0 Å². The molecule has 2 fully saturated rings. The first-order valence-electron chi connectivity index (χ1n) is 8.78. The molecule has 2 aliphatic heterocycles. The zero-order valence-electron chi connectivity index (χ0n) is 14.2. The van der Waals surface area contributed by atoms with Gasteiger partial charge in [-0.1, -0.05) is 28.8 Å². The van der Waals surface area contributed by atoms with Crippen LogP contribution in [0, 0.1) is 5.92 Å². The molecule has 0 saturated carbocycles. The van der Waals surface area contributed by atoms with Crippen molar-refractivity contribution in [1.29, 1.82) is 0 Å². The standard InChI is InChI=1S/C18H27BrN4.HI/c19-16-5-7-17(8-6-16)23-12-9-15(14-23)13-21-18(20)22-10-3-1-2-4-11-22;/h5-8,15H,1-4,9-14H2,(H2,20,21);1H. The highest BCUT2D eigenvalue weighted by Gasteiger charge is 2.22. The third-order valence-electron chi connectivity index (χ3n) is 4.92. The molecule has 1 atom stereocenters. The van der Waals surface area contributed by atoms with Crippen molar-refractivity contribution in [3.8, 4) is 0 Å². The summed E-state index contributed by atoms with van der Waals surface area (Å²) in [5.74, 6) is 1.37. The summed E-state index contributed by atoms with van der Waals surface area (Å²) < 4.78 is 1.13. The van der Waals surface area contributed by atoms with Crippen molar-refractivity contribution in [2.75, 3.05) is 37.6 Å². The first-order valence-corrected chi connectivity index (χ1v) is 9.57. The lowest BCUT2D eigenvalue weighted by molar-refractivity contribution is 0.426. The van der Waals surface area contributed by atoms with Crippen LogP contribution < -0.4 is 10.6 Å². The molecule has 1 aromatic carbocycles. The van der Waals surface area contributed by atoms with Crippen molar-refractivity contribution in [1.82, 2.24) is 4.90 Å². The van der Waals surface area contributed by atoms with Crippen LogP contribution in [0.25, 0.3) is 0 Å². The Bertz CT molecular complexity index is 526. The number of hydrogen-bond donors (Lipinski definition) is 1. The number of nitrogens with zero attached hydrogens (tertiary/aromatic N) is 3. The van der Waals surface area contributed by atoms with Crippen LogP contribution in [-0.4, -0.2) is 43.6 Å². The zero-order valence-corrected chi connectivity index (χ0v) is 18.1. The Morgan fingerprint density at radius 2 is 1.75 bits per heavy atom. The van der Waals surface area contributed by atoms with Crippen LogP contribution in [0.5, 0.6) is 0 Å². The Balaban J connectivity index is 0.00000208. The quantitative estimate of drug-likeness (QED) is 0.381. The van der Waals surface area contributed by atoms with Gasteiger partial charge in [0.25, 0.3) is 0 Å². The van der Waals surface area contributed by atoms with Gasteiger partial charge in [-0.2, -0.15) is 0 Å². The number of hydrogen-bond acceptors (Lipinski definition) is 2. The van der Waals surface area contributed by atoms with Crippen molar-refractivity contribution in [3.05, 3.63) is 28.7 Å². The second kappa shape index (κ2) is 9.85. The van der Waals surface area contributed by atoms with E-state index in [9.17, 15) is 0 Å². The molecule has 0 radical (unpaired) electrons. The van der Waals surface area contributed by atoms with Crippen molar-refractivity contribution >= 4 is 51.6 Å². The van der Waals surface area contributed by atoms with Crippen LogP contribution >= 0.6 is 39.9 Å². The summed E-state index contributed by atoms with van der Waals surface area (Å²) in [7, 11) is 0. The molecule has 2 N–H and O–H groups in total. The number of guanidine groups is 1. The molecule has 0 aromatic heterocycles. The molecule has 134 valence electrons. The van der Waals surface area contributed by atoms with Gasteiger partial charge in [-0.15, -0.1) is 24.0 Å². The van der Waals surface area contributed by atoms with Gasteiger partial charge in [-0.05, 0) is 49.4 Å². The average Bonchev–Trinajstić information content (AvgIpc) is 2.86.